The van der Waals surface area contributed by atoms with Crippen molar-refractivity contribution in [3.8, 4) is 0 Å². The number of carbonyl (C=O) groups excluding carboxylic acids is 3. The van der Waals surface area contributed by atoms with E-state index >= 15 is 0 Å². The first-order valence-corrected chi connectivity index (χ1v) is 10.4. The molecular weight excluding hydrogens is 432 g/mol. The Morgan fingerprint density at radius 2 is 1.97 bits per heavy atom. The van der Waals surface area contributed by atoms with E-state index in [1.54, 1.807) is 43.3 Å². The number of furan rings is 1. The van der Waals surface area contributed by atoms with Crippen LogP contribution in [0.5, 0.6) is 0 Å². The molecule has 8 nitrogen and oxygen atoms in total. The van der Waals surface area contributed by atoms with Gasteiger partial charge in [0.05, 0.1) is 29.9 Å². The van der Waals surface area contributed by atoms with Crippen molar-refractivity contribution < 1.29 is 28.3 Å². The molecule has 158 valence electrons. The average molecular weight is 451 g/mol. The number of carbonyl (C=O) groups is 3. The molecule has 1 unspecified atom stereocenters. The minimum atomic E-state index is -0.857. The fourth-order valence-corrected chi connectivity index (χ4v) is 3.54. The Balaban J connectivity index is 1.71. The van der Waals surface area contributed by atoms with Gasteiger partial charge in [0.25, 0.3) is 0 Å². The lowest BCUT2D eigenvalue weighted by molar-refractivity contribution is -0.141. The maximum absolute atomic E-state index is 12.5. The summed E-state index contributed by atoms with van der Waals surface area (Å²) in [7, 11) is 0. The van der Waals surface area contributed by atoms with E-state index in [0.717, 1.165) is 4.90 Å². The van der Waals surface area contributed by atoms with Crippen molar-refractivity contribution >= 4 is 41.3 Å². The topological polar surface area (TPSA) is 107 Å². The number of benzene rings is 1. The molecule has 10 heteroatoms. The molecule has 1 atom stereocenters. The van der Waals surface area contributed by atoms with Gasteiger partial charge in [0.2, 0.25) is 0 Å². The lowest BCUT2D eigenvalue weighted by Crippen LogP contribution is -2.47. The molecule has 1 aliphatic rings. The van der Waals surface area contributed by atoms with E-state index in [4.69, 9.17) is 25.5 Å². The first-order valence-electron chi connectivity index (χ1n) is 9.03. The molecule has 2 N–H and O–H groups in total. The molecule has 2 aromatic rings. The van der Waals surface area contributed by atoms with E-state index in [2.05, 4.69) is 10.6 Å². The van der Waals surface area contributed by atoms with Crippen molar-refractivity contribution in [2.75, 3.05) is 19.0 Å². The van der Waals surface area contributed by atoms with Crippen LogP contribution in [0.3, 0.4) is 0 Å². The number of urea groups is 1. The van der Waals surface area contributed by atoms with Crippen LogP contribution in [0.1, 0.15) is 18.7 Å². The van der Waals surface area contributed by atoms with Gasteiger partial charge in [-0.3, -0.25) is 4.79 Å². The van der Waals surface area contributed by atoms with Crippen LogP contribution in [-0.2, 0) is 19.1 Å². The summed E-state index contributed by atoms with van der Waals surface area (Å²) in [4.78, 5) is 37.6. The Labute approximate surface area is 181 Å². The van der Waals surface area contributed by atoms with Crippen molar-refractivity contribution in [3.05, 3.63) is 64.7 Å². The van der Waals surface area contributed by atoms with E-state index in [1.807, 2.05) is 0 Å². The number of hydrogen-bond acceptors (Lipinski definition) is 7. The highest BCUT2D eigenvalue weighted by molar-refractivity contribution is 8.00. The number of ether oxygens (including phenoxy) is 2. The van der Waals surface area contributed by atoms with Crippen LogP contribution in [-0.4, -0.2) is 36.9 Å². The van der Waals surface area contributed by atoms with E-state index in [1.165, 1.54) is 18.0 Å². The monoisotopic (exact) mass is 450 g/mol. The smallest absolute Gasteiger partial charge is 0.338 e. The lowest BCUT2D eigenvalue weighted by Gasteiger charge is -2.27. The van der Waals surface area contributed by atoms with Crippen LogP contribution in [0.15, 0.2) is 63.2 Å². The number of amides is 2. The van der Waals surface area contributed by atoms with Crippen LogP contribution >= 0.6 is 23.4 Å². The second kappa shape index (κ2) is 10.2. The molecule has 0 radical (unpaired) electrons. The molecule has 0 aliphatic carbocycles. The quantitative estimate of drug-likeness (QED) is 0.468. The third kappa shape index (κ3) is 5.58. The van der Waals surface area contributed by atoms with Crippen LogP contribution in [0.25, 0.3) is 0 Å². The molecule has 0 bridgehead atoms. The highest BCUT2D eigenvalue weighted by Crippen LogP contribution is 2.28. The normalized spacial score (nSPS) is 15.9. The molecule has 1 aromatic heterocycles. The van der Waals surface area contributed by atoms with Crippen LogP contribution in [0.4, 0.5) is 4.79 Å². The van der Waals surface area contributed by atoms with Gasteiger partial charge < -0.3 is 24.5 Å². The number of nitrogens with one attached hydrogen (secondary N) is 2. The molecule has 3 rings (SSSR count). The summed E-state index contributed by atoms with van der Waals surface area (Å²) in [5.41, 5.74) is 0.257. The summed E-state index contributed by atoms with van der Waals surface area (Å²) in [6.07, 6.45) is 1.43. The molecule has 0 fully saturated rings. The number of esters is 2. The molecule has 0 saturated carbocycles. The van der Waals surface area contributed by atoms with Crippen molar-refractivity contribution in [1.82, 2.24) is 10.6 Å². The van der Waals surface area contributed by atoms with Crippen molar-refractivity contribution in [2.24, 2.45) is 0 Å². The number of halogens is 1. The summed E-state index contributed by atoms with van der Waals surface area (Å²) < 4.78 is 15.7. The lowest BCUT2D eigenvalue weighted by atomic mass is 10.0. The van der Waals surface area contributed by atoms with E-state index in [9.17, 15) is 14.4 Å². The zero-order chi connectivity index (χ0) is 21.5. The van der Waals surface area contributed by atoms with Crippen LogP contribution < -0.4 is 10.6 Å². The molecule has 1 aromatic carbocycles. The first kappa shape index (κ1) is 21.8. The Bertz CT molecular complexity index is 943. The highest BCUT2D eigenvalue weighted by Gasteiger charge is 2.35. The fraction of sp³-hybridized carbons (Fsp3) is 0.250. The Hall–Kier alpha value is -2.91. The van der Waals surface area contributed by atoms with Gasteiger partial charge in [-0.25, -0.2) is 9.59 Å². The van der Waals surface area contributed by atoms with Gasteiger partial charge in [-0.15, -0.1) is 11.8 Å². The first-order chi connectivity index (χ1) is 14.5. The maximum atomic E-state index is 12.5. The molecule has 2 heterocycles. The zero-order valence-electron chi connectivity index (χ0n) is 16.0. The van der Waals surface area contributed by atoms with Gasteiger partial charge in [-0.1, -0.05) is 11.6 Å². The maximum Gasteiger partial charge on any atom is 0.338 e. The largest absolute Gasteiger partial charge is 0.467 e. The summed E-state index contributed by atoms with van der Waals surface area (Å²) >= 11 is 7.12. The van der Waals surface area contributed by atoms with Crippen molar-refractivity contribution in [1.29, 1.82) is 0 Å². The Morgan fingerprint density at radius 3 is 2.63 bits per heavy atom. The van der Waals surface area contributed by atoms with Crippen LogP contribution in [0, 0.1) is 0 Å². The van der Waals surface area contributed by atoms with Gasteiger partial charge >= 0.3 is 18.0 Å². The van der Waals surface area contributed by atoms with Crippen LogP contribution in [0.2, 0.25) is 5.02 Å². The zero-order valence-corrected chi connectivity index (χ0v) is 17.5. The Morgan fingerprint density at radius 1 is 1.20 bits per heavy atom. The summed E-state index contributed by atoms with van der Waals surface area (Å²) in [5.74, 6) is -0.742. The Kier molecular flexibility index (Phi) is 7.42. The third-order valence-corrected chi connectivity index (χ3v) is 5.26. The minimum Gasteiger partial charge on any atom is -0.467 e. The molecule has 30 heavy (non-hydrogen) atoms. The minimum absolute atomic E-state index is 0.0530. The highest BCUT2D eigenvalue weighted by atomic mass is 35.5. The second-order valence-corrected chi connectivity index (χ2v) is 7.55. The third-order valence-electron chi connectivity index (χ3n) is 4.02. The van der Waals surface area contributed by atoms with Gasteiger partial charge in [-0.2, -0.15) is 0 Å². The molecule has 2 amide bonds. The SMILES string of the molecule is CCOC(=O)C1=C(COC(=O)CSc2ccc(Cl)cc2)NC(=O)NC1c1ccco1. The fourth-order valence-electron chi connectivity index (χ4n) is 2.72. The molecule has 0 spiro atoms. The summed E-state index contributed by atoms with van der Waals surface area (Å²) in [6, 6.07) is 8.90. The number of hydrogen-bond donors (Lipinski definition) is 2. The summed E-state index contributed by atoms with van der Waals surface area (Å²) in [6.45, 7) is 1.52. The average Bonchev–Trinajstić information content (AvgIpc) is 3.26. The molecule has 0 saturated heterocycles. The number of thioether (sulfide) groups is 1. The number of rotatable bonds is 8. The predicted octanol–water partition coefficient (Wildman–Crippen LogP) is 3.44. The van der Waals surface area contributed by atoms with E-state index in [0.29, 0.717) is 10.8 Å². The van der Waals surface area contributed by atoms with E-state index in [-0.39, 0.29) is 30.2 Å². The predicted molar refractivity (Wildman–Crippen MR) is 110 cm³/mol. The van der Waals surface area contributed by atoms with E-state index < -0.39 is 24.0 Å². The van der Waals surface area contributed by atoms with Gasteiger partial charge in [0.1, 0.15) is 18.4 Å². The standard InChI is InChI=1S/C20H19ClN2O6S/c1-2-27-19(25)17-14(22-20(26)23-18(17)15-4-3-9-28-15)10-29-16(24)11-30-13-7-5-12(21)6-8-13/h3-9,18H,2,10-11H2,1H3,(H2,22,23,26). The molecular formula is C20H19ClN2O6S. The summed E-state index contributed by atoms with van der Waals surface area (Å²) in [5, 5.41) is 5.75. The molecule has 1 aliphatic heterocycles. The van der Waals surface area contributed by atoms with Gasteiger partial charge in [0.15, 0.2) is 0 Å². The van der Waals surface area contributed by atoms with Crippen molar-refractivity contribution in [2.45, 2.75) is 17.9 Å². The van der Waals surface area contributed by atoms with Gasteiger partial charge in [-0.05, 0) is 43.3 Å². The van der Waals surface area contributed by atoms with Crippen molar-refractivity contribution in [3.63, 3.8) is 0 Å². The second-order valence-electron chi connectivity index (χ2n) is 6.06. The van der Waals surface area contributed by atoms with Gasteiger partial charge in [0, 0.05) is 9.92 Å².